The van der Waals surface area contributed by atoms with Crippen molar-refractivity contribution in [1.29, 1.82) is 0 Å². The van der Waals surface area contributed by atoms with Gasteiger partial charge in [0.2, 0.25) is 5.91 Å². The summed E-state index contributed by atoms with van der Waals surface area (Å²) in [6, 6.07) is 9.96. The molecule has 1 atom stereocenters. The van der Waals surface area contributed by atoms with E-state index in [0.29, 0.717) is 11.4 Å². The second-order valence-corrected chi connectivity index (χ2v) is 8.85. The number of aryl methyl sites for hydroxylation is 1. The lowest BCUT2D eigenvalue weighted by Crippen LogP contribution is -2.18. The van der Waals surface area contributed by atoms with Crippen LogP contribution in [-0.4, -0.2) is 10.5 Å². The number of benzene rings is 2. The lowest BCUT2D eigenvalue weighted by molar-refractivity contribution is -0.137. The molecule has 0 heterocycles. The molecule has 0 radical (unpaired) electrons. The zero-order chi connectivity index (χ0) is 25.3. The molecule has 1 amide bonds. The fourth-order valence-electron chi connectivity index (χ4n) is 3.07. The van der Waals surface area contributed by atoms with Crippen LogP contribution in [0.25, 0.3) is 5.57 Å². The van der Waals surface area contributed by atoms with Crippen molar-refractivity contribution in [2.75, 3.05) is 4.72 Å². The number of carbonyl (C=O) groups is 1. The van der Waals surface area contributed by atoms with Crippen LogP contribution in [0, 0.1) is 6.92 Å². The highest BCUT2D eigenvalue weighted by atomic mass is 32.2. The second-order valence-electron chi connectivity index (χ2n) is 7.64. The lowest BCUT2D eigenvalue weighted by atomic mass is 10.0. The summed E-state index contributed by atoms with van der Waals surface area (Å²) in [5, 5.41) is 2.81. The molecule has 2 aromatic carbocycles. The molecule has 0 fully saturated rings. The Morgan fingerprint density at radius 3 is 2.53 bits per heavy atom. The Morgan fingerprint density at radius 2 is 1.91 bits per heavy atom. The molecule has 0 aliphatic heterocycles. The number of amides is 1. The highest BCUT2D eigenvalue weighted by molar-refractivity contribution is 7.92. The molecule has 0 aromatic heterocycles. The van der Waals surface area contributed by atoms with Gasteiger partial charge in [0.25, 0.3) is 0 Å². The minimum atomic E-state index is -4.51. The Hall–Kier alpha value is -2.97. The van der Waals surface area contributed by atoms with E-state index >= 15 is 0 Å². The Bertz CT molecular complexity index is 1090. The molecule has 8 heteroatoms. The number of hydrogen-bond donors (Lipinski definition) is 2. The molecule has 2 rings (SSSR count). The van der Waals surface area contributed by atoms with Crippen LogP contribution in [-0.2, 0) is 22.3 Å². The van der Waals surface area contributed by atoms with Crippen LogP contribution >= 0.6 is 0 Å². The molecule has 0 saturated heterocycles. The predicted molar refractivity (Wildman–Crippen MR) is 132 cm³/mol. The molecule has 0 bridgehead atoms. The topological polar surface area (TPSA) is 64.2 Å². The van der Waals surface area contributed by atoms with E-state index in [1.807, 2.05) is 50.3 Å². The van der Waals surface area contributed by atoms with Crippen molar-refractivity contribution in [3.63, 3.8) is 0 Å². The third-order valence-corrected chi connectivity index (χ3v) is 5.93. The number of nitrogens with one attached hydrogen (secondary N) is 2. The van der Waals surface area contributed by atoms with Crippen LogP contribution in [0.4, 0.5) is 18.9 Å². The normalized spacial score (nSPS) is 13.8. The number of alkyl halides is 3. The molecule has 4 nitrogen and oxygen atoms in total. The van der Waals surface area contributed by atoms with E-state index in [-0.39, 0.29) is 10.8 Å². The van der Waals surface area contributed by atoms with E-state index in [1.54, 1.807) is 6.07 Å². The molecule has 2 N–H and O–H groups in total. The fourth-order valence-corrected chi connectivity index (χ4v) is 4.04. The van der Waals surface area contributed by atoms with E-state index in [1.165, 1.54) is 19.1 Å². The second kappa shape index (κ2) is 12.5. The molecular weight excluding hydrogens is 461 g/mol. The summed E-state index contributed by atoms with van der Waals surface area (Å²) in [5.74, 6) is -0.189. The van der Waals surface area contributed by atoms with Gasteiger partial charge in [-0.05, 0) is 67.3 Å². The predicted octanol–water partition coefficient (Wildman–Crippen LogP) is 6.93. The molecule has 182 valence electrons. The number of rotatable bonds is 9. The molecule has 2 aromatic rings. The molecule has 0 spiro atoms. The van der Waals surface area contributed by atoms with Crippen LogP contribution in [0.2, 0.25) is 0 Å². The summed E-state index contributed by atoms with van der Waals surface area (Å²) in [5.41, 5.74) is 2.71. The summed E-state index contributed by atoms with van der Waals surface area (Å²) >= 11 is -1.89. The van der Waals surface area contributed by atoms with Gasteiger partial charge >= 0.3 is 6.18 Å². The van der Waals surface area contributed by atoms with Gasteiger partial charge in [0, 0.05) is 18.7 Å². The maximum Gasteiger partial charge on any atom is 0.416 e. The largest absolute Gasteiger partial charge is 0.588 e. The smallest absolute Gasteiger partial charge is 0.416 e. The maximum atomic E-state index is 13.0. The monoisotopic (exact) mass is 490 g/mol. The highest BCUT2D eigenvalue weighted by Gasteiger charge is 2.31. The van der Waals surface area contributed by atoms with E-state index in [2.05, 4.69) is 17.0 Å². The number of halogens is 3. The quantitative estimate of drug-likeness (QED) is 0.296. The van der Waals surface area contributed by atoms with Gasteiger partial charge < -0.3 is 9.87 Å². The summed E-state index contributed by atoms with van der Waals surface area (Å²) in [6.07, 6.45) is 4.90. The van der Waals surface area contributed by atoms with E-state index < -0.39 is 23.1 Å². The van der Waals surface area contributed by atoms with Gasteiger partial charge in [-0.25, -0.2) is 4.72 Å². The first-order valence-electron chi connectivity index (χ1n) is 10.8. The van der Waals surface area contributed by atoms with E-state index in [0.717, 1.165) is 41.7 Å². The van der Waals surface area contributed by atoms with Gasteiger partial charge in [-0.2, -0.15) is 13.2 Å². The van der Waals surface area contributed by atoms with E-state index in [4.69, 9.17) is 0 Å². The summed E-state index contributed by atoms with van der Waals surface area (Å²) < 4.78 is 54.7. The SMILES string of the molecule is C\C=C(/C=C(\C=C/CCC)NC(C)=O)c1ccc(C)c(N[S+]([O-])c2cccc(C(F)(F)F)c2)c1. The Kier molecular flexibility index (Phi) is 10.0. The average Bonchev–Trinajstić information content (AvgIpc) is 2.78. The minimum absolute atomic E-state index is 0.0276. The Balaban J connectivity index is 2.34. The standard InChI is InChI=1S/C26H29F3N2O2S/c1-5-7-8-11-23(30-19(4)32)15-20(6-2)21-14-13-18(3)25(16-21)31-34(33)24-12-9-10-22(17-24)26(27,28)29/h6,8-17,31H,5,7H2,1-4H3,(H,30,32)/b11-8-,20-6+,23-15+. The number of unbranched alkanes of at least 4 members (excludes halogenated alkanes) is 1. The van der Waals surface area contributed by atoms with Crippen molar-refractivity contribution >= 4 is 28.5 Å². The molecule has 0 aliphatic rings. The third-order valence-electron chi connectivity index (χ3n) is 4.84. The summed E-state index contributed by atoms with van der Waals surface area (Å²) in [4.78, 5) is 11.6. The fraction of sp³-hybridized carbons (Fsp3) is 0.269. The van der Waals surface area contributed by atoms with Crippen molar-refractivity contribution in [1.82, 2.24) is 5.32 Å². The first kappa shape index (κ1) is 27.3. The Morgan fingerprint density at radius 1 is 1.18 bits per heavy atom. The molecular formula is C26H29F3N2O2S. The third kappa shape index (κ3) is 8.11. The molecule has 34 heavy (non-hydrogen) atoms. The Labute approximate surface area is 202 Å². The molecule has 1 unspecified atom stereocenters. The van der Waals surface area contributed by atoms with Crippen LogP contribution in [0.15, 0.2) is 77.4 Å². The zero-order valence-electron chi connectivity index (χ0n) is 19.6. The average molecular weight is 491 g/mol. The van der Waals surface area contributed by atoms with Gasteiger partial charge in [-0.1, -0.05) is 43.7 Å². The van der Waals surface area contributed by atoms with Crippen LogP contribution in [0.5, 0.6) is 0 Å². The van der Waals surface area contributed by atoms with Crippen molar-refractivity contribution in [3.05, 3.63) is 89.2 Å². The van der Waals surface area contributed by atoms with E-state index in [9.17, 15) is 22.5 Å². The summed E-state index contributed by atoms with van der Waals surface area (Å²) in [7, 11) is 0. The number of carbonyl (C=O) groups excluding carboxylic acids is 1. The van der Waals surface area contributed by atoms with Gasteiger partial charge in [0.1, 0.15) is 11.4 Å². The first-order valence-corrected chi connectivity index (χ1v) is 12.0. The van der Waals surface area contributed by atoms with Crippen LogP contribution in [0.1, 0.15) is 50.3 Å². The lowest BCUT2D eigenvalue weighted by Gasteiger charge is -2.16. The number of anilines is 1. The number of hydrogen-bond acceptors (Lipinski definition) is 3. The summed E-state index contributed by atoms with van der Waals surface area (Å²) in [6.45, 7) is 7.18. The highest BCUT2D eigenvalue weighted by Crippen LogP contribution is 2.31. The maximum absolute atomic E-state index is 13.0. The van der Waals surface area contributed by atoms with Crippen LogP contribution in [0.3, 0.4) is 0 Å². The molecule has 0 aliphatic carbocycles. The van der Waals surface area contributed by atoms with Crippen molar-refractivity contribution in [2.45, 2.75) is 51.6 Å². The van der Waals surface area contributed by atoms with Crippen LogP contribution < -0.4 is 10.0 Å². The van der Waals surface area contributed by atoms with Gasteiger partial charge in [-0.15, -0.1) is 0 Å². The van der Waals surface area contributed by atoms with Crippen molar-refractivity contribution < 1.29 is 22.5 Å². The van der Waals surface area contributed by atoms with Gasteiger partial charge in [-0.3, -0.25) is 4.79 Å². The van der Waals surface area contributed by atoms with Gasteiger partial charge in [0.15, 0.2) is 4.90 Å². The first-order chi connectivity index (χ1) is 16.0. The zero-order valence-corrected chi connectivity index (χ0v) is 20.4. The molecule has 0 saturated carbocycles. The van der Waals surface area contributed by atoms with Gasteiger partial charge in [0.05, 0.1) is 11.3 Å². The van der Waals surface area contributed by atoms with Crippen molar-refractivity contribution in [2.24, 2.45) is 0 Å². The van der Waals surface area contributed by atoms with Crippen molar-refractivity contribution in [3.8, 4) is 0 Å². The minimum Gasteiger partial charge on any atom is -0.588 e. The number of allylic oxidation sites excluding steroid dienone is 5.